The van der Waals surface area contributed by atoms with Crippen molar-refractivity contribution >= 4 is 17.0 Å². The van der Waals surface area contributed by atoms with Gasteiger partial charge in [0, 0.05) is 31.7 Å². The number of aromatic nitrogens is 6. The third-order valence-corrected chi connectivity index (χ3v) is 5.12. The molecule has 0 aliphatic carbocycles. The van der Waals surface area contributed by atoms with Gasteiger partial charge in [0.25, 0.3) is 5.56 Å². The number of hydrogen-bond donors (Lipinski definition) is 2. The van der Waals surface area contributed by atoms with Crippen LogP contribution in [-0.4, -0.2) is 61.4 Å². The van der Waals surface area contributed by atoms with Crippen molar-refractivity contribution in [2.75, 3.05) is 31.1 Å². The van der Waals surface area contributed by atoms with Crippen LogP contribution in [0.1, 0.15) is 11.5 Å². The third kappa shape index (κ3) is 3.49. The van der Waals surface area contributed by atoms with Crippen LogP contribution in [0.5, 0.6) is 0 Å². The summed E-state index contributed by atoms with van der Waals surface area (Å²) in [6, 6.07) is 8.05. The summed E-state index contributed by atoms with van der Waals surface area (Å²) in [5.41, 5.74) is 2.45. The first-order valence-corrected chi connectivity index (χ1v) is 9.46. The highest BCUT2D eigenvalue weighted by Gasteiger charge is 2.21. The van der Waals surface area contributed by atoms with Gasteiger partial charge in [0.1, 0.15) is 5.39 Å². The number of anilines is 1. The van der Waals surface area contributed by atoms with E-state index in [9.17, 15) is 4.79 Å². The highest BCUT2D eigenvalue weighted by Crippen LogP contribution is 2.18. The third-order valence-electron chi connectivity index (χ3n) is 5.12. The lowest BCUT2D eigenvalue weighted by atomic mass is 10.1. The SMILES string of the molecule is Cc1ccc(-c2noc(CN3CCN(c4nc5[nH]ncc5c(=O)[nH]4)CC3)n2)cc1. The first-order valence-electron chi connectivity index (χ1n) is 9.46. The van der Waals surface area contributed by atoms with Crippen LogP contribution in [0.25, 0.3) is 22.4 Å². The van der Waals surface area contributed by atoms with Gasteiger partial charge in [-0.3, -0.25) is 19.8 Å². The molecule has 0 atom stereocenters. The maximum atomic E-state index is 12.1. The molecule has 4 aromatic rings. The van der Waals surface area contributed by atoms with Crippen molar-refractivity contribution in [1.29, 1.82) is 0 Å². The monoisotopic (exact) mass is 392 g/mol. The van der Waals surface area contributed by atoms with Gasteiger partial charge >= 0.3 is 0 Å². The van der Waals surface area contributed by atoms with E-state index in [4.69, 9.17) is 4.52 Å². The second-order valence-electron chi connectivity index (χ2n) is 7.16. The molecule has 2 N–H and O–H groups in total. The van der Waals surface area contributed by atoms with Crippen LogP contribution in [0.3, 0.4) is 0 Å². The van der Waals surface area contributed by atoms with Gasteiger partial charge in [-0.05, 0) is 6.92 Å². The zero-order chi connectivity index (χ0) is 19.8. The molecule has 0 amide bonds. The number of aromatic amines is 2. The Morgan fingerprint density at radius 3 is 2.69 bits per heavy atom. The Labute approximate surface area is 165 Å². The molecule has 0 spiro atoms. The fraction of sp³-hybridized carbons (Fsp3) is 0.316. The topological polar surface area (TPSA) is 120 Å². The normalized spacial score (nSPS) is 15.3. The van der Waals surface area contributed by atoms with Crippen LogP contribution in [0.2, 0.25) is 0 Å². The molecule has 1 fully saturated rings. The number of H-pyrrole nitrogens is 2. The highest BCUT2D eigenvalue weighted by molar-refractivity contribution is 5.73. The largest absolute Gasteiger partial charge is 0.340 e. The van der Waals surface area contributed by atoms with Gasteiger partial charge in [0.2, 0.25) is 17.7 Å². The molecular weight excluding hydrogens is 372 g/mol. The number of benzene rings is 1. The molecule has 1 aromatic carbocycles. The molecule has 29 heavy (non-hydrogen) atoms. The Morgan fingerprint density at radius 2 is 1.90 bits per heavy atom. The van der Waals surface area contributed by atoms with E-state index in [0.29, 0.717) is 35.2 Å². The van der Waals surface area contributed by atoms with Crippen LogP contribution in [0.4, 0.5) is 5.95 Å². The molecule has 1 saturated heterocycles. The standard InChI is InChI=1S/C19H20N8O2/c1-12-2-4-13(5-3-12)16-21-15(29-25-16)11-26-6-8-27(9-7-26)19-22-17-14(10-20-24-17)18(28)23-19/h2-5,10H,6-9,11H2,1H3,(H2,20,22,23,24,28). The molecule has 10 nitrogen and oxygen atoms in total. The van der Waals surface area contributed by atoms with Crippen LogP contribution >= 0.6 is 0 Å². The summed E-state index contributed by atoms with van der Waals surface area (Å²) in [5, 5.41) is 11.2. The Hall–Kier alpha value is -3.53. The van der Waals surface area contributed by atoms with Gasteiger partial charge in [-0.15, -0.1) is 0 Å². The summed E-state index contributed by atoms with van der Waals surface area (Å²) < 4.78 is 5.43. The minimum atomic E-state index is -0.185. The van der Waals surface area contributed by atoms with Crippen molar-refractivity contribution < 1.29 is 4.52 Å². The maximum absolute atomic E-state index is 12.1. The first kappa shape index (κ1) is 17.6. The summed E-state index contributed by atoms with van der Waals surface area (Å²) in [7, 11) is 0. The van der Waals surface area contributed by atoms with Crippen LogP contribution in [-0.2, 0) is 6.54 Å². The molecule has 1 aliphatic heterocycles. The molecule has 0 saturated carbocycles. The van der Waals surface area contributed by atoms with E-state index in [1.807, 2.05) is 31.2 Å². The Balaban J connectivity index is 1.23. The van der Waals surface area contributed by atoms with Crippen LogP contribution < -0.4 is 10.5 Å². The fourth-order valence-electron chi connectivity index (χ4n) is 3.43. The first-order chi connectivity index (χ1) is 14.2. The summed E-state index contributed by atoms with van der Waals surface area (Å²) in [4.78, 5) is 28.2. The lowest BCUT2D eigenvalue weighted by Crippen LogP contribution is -2.47. The van der Waals surface area contributed by atoms with Crippen LogP contribution in [0, 0.1) is 6.92 Å². The fourth-order valence-corrected chi connectivity index (χ4v) is 3.43. The van der Waals surface area contributed by atoms with Gasteiger partial charge in [-0.1, -0.05) is 35.0 Å². The lowest BCUT2D eigenvalue weighted by Gasteiger charge is -2.34. The molecule has 0 bridgehead atoms. The summed E-state index contributed by atoms with van der Waals surface area (Å²) in [6.45, 7) is 5.71. The quantitative estimate of drug-likeness (QED) is 0.534. The van der Waals surface area contributed by atoms with E-state index in [1.54, 1.807) is 0 Å². The lowest BCUT2D eigenvalue weighted by molar-refractivity contribution is 0.214. The molecule has 0 radical (unpaired) electrons. The number of rotatable bonds is 4. The number of aryl methyl sites for hydroxylation is 1. The van der Waals surface area contributed by atoms with Crippen molar-refractivity contribution in [3.05, 3.63) is 52.3 Å². The van der Waals surface area contributed by atoms with Crippen LogP contribution in [0.15, 0.2) is 39.8 Å². The molecule has 5 rings (SSSR count). The van der Waals surface area contributed by atoms with E-state index < -0.39 is 0 Å². The Morgan fingerprint density at radius 1 is 1.10 bits per heavy atom. The van der Waals surface area contributed by atoms with Gasteiger partial charge in [0.15, 0.2) is 5.65 Å². The van der Waals surface area contributed by atoms with Gasteiger partial charge in [0.05, 0.1) is 12.7 Å². The van der Waals surface area contributed by atoms with Crippen molar-refractivity contribution in [1.82, 2.24) is 35.2 Å². The smallest absolute Gasteiger partial charge is 0.263 e. The van der Waals surface area contributed by atoms with Gasteiger partial charge in [-0.25, -0.2) is 0 Å². The summed E-state index contributed by atoms with van der Waals surface area (Å²) >= 11 is 0. The van der Waals surface area contributed by atoms with Gasteiger partial charge < -0.3 is 9.42 Å². The molecule has 1 aliphatic rings. The van der Waals surface area contributed by atoms with Crippen molar-refractivity contribution in [2.45, 2.75) is 13.5 Å². The predicted octanol–water partition coefficient (Wildman–Crippen LogP) is 1.33. The van der Waals surface area contributed by atoms with E-state index in [0.717, 1.165) is 31.7 Å². The molecule has 148 valence electrons. The number of nitrogens with one attached hydrogen (secondary N) is 2. The van der Waals surface area contributed by atoms with Crippen molar-refractivity contribution in [3.8, 4) is 11.4 Å². The second kappa shape index (κ2) is 7.13. The average molecular weight is 392 g/mol. The van der Waals surface area contributed by atoms with E-state index in [2.05, 4.69) is 40.1 Å². The molecule has 4 heterocycles. The van der Waals surface area contributed by atoms with E-state index in [1.165, 1.54) is 11.8 Å². The molecule has 3 aromatic heterocycles. The number of hydrogen-bond acceptors (Lipinski definition) is 8. The molecular formula is C19H20N8O2. The van der Waals surface area contributed by atoms with Crippen molar-refractivity contribution in [3.63, 3.8) is 0 Å². The number of nitrogens with zero attached hydrogens (tertiary/aromatic N) is 6. The zero-order valence-corrected chi connectivity index (χ0v) is 15.9. The second-order valence-corrected chi connectivity index (χ2v) is 7.16. The molecule has 10 heteroatoms. The number of fused-ring (bicyclic) bond motifs is 1. The number of piperazine rings is 1. The zero-order valence-electron chi connectivity index (χ0n) is 15.9. The van der Waals surface area contributed by atoms with Crippen molar-refractivity contribution in [2.24, 2.45) is 0 Å². The summed E-state index contributed by atoms with van der Waals surface area (Å²) in [6.07, 6.45) is 1.48. The highest BCUT2D eigenvalue weighted by atomic mass is 16.5. The summed E-state index contributed by atoms with van der Waals surface area (Å²) in [5.74, 6) is 1.76. The molecule has 0 unspecified atom stereocenters. The Bertz CT molecular complexity index is 1180. The van der Waals surface area contributed by atoms with E-state index >= 15 is 0 Å². The van der Waals surface area contributed by atoms with Gasteiger partial charge in [-0.2, -0.15) is 15.1 Å². The maximum Gasteiger partial charge on any atom is 0.263 e. The minimum absolute atomic E-state index is 0.185. The predicted molar refractivity (Wildman–Crippen MR) is 106 cm³/mol. The van der Waals surface area contributed by atoms with E-state index in [-0.39, 0.29) is 5.56 Å². The minimum Gasteiger partial charge on any atom is -0.340 e. The average Bonchev–Trinajstić information content (AvgIpc) is 3.39. The Kier molecular flexibility index (Phi) is 4.32.